The van der Waals surface area contributed by atoms with E-state index in [4.69, 9.17) is 0 Å². The van der Waals surface area contributed by atoms with E-state index in [-0.39, 0.29) is 11.7 Å². The summed E-state index contributed by atoms with van der Waals surface area (Å²) in [6.07, 6.45) is 2.54. The zero-order valence-electron chi connectivity index (χ0n) is 7.73. The lowest BCUT2D eigenvalue weighted by molar-refractivity contribution is -0.111. The summed E-state index contributed by atoms with van der Waals surface area (Å²) in [6.45, 7) is 1.99. The Balaban J connectivity index is 2.67. The number of aldehydes is 1. The molecule has 13 heavy (non-hydrogen) atoms. The van der Waals surface area contributed by atoms with Gasteiger partial charge in [0.15, 0.2) is 0 Å². The minimum absolute atomic E-state index is 0.0711. The molecular formula is C11H14O2. The molecular weight excluding hydrogens is 164 g/mol. The van der Waals surface area contributed by atoms with Gasteiger partial charge in [0.05, 0.1) is 0 Å². The fourth-order valence-corrected chi connectivity index (χ4v) is 1.27. The van der Waals surface area contributed by atoms with E-state index in [0.29, 0.717) is 6.42 Å². The van der Waals surface area contributed by atoms with Crippen molar-refractivity contribution in [3.05, 3.63) is 29.8 Å². The Hall–Kier alpha value is -1.31. The van der Waals surface area contributed by atoms with Crippen LogP contribution in [0.4, 0.5) is 0 Å². The molecule has 2 heteroatoms. The number of rotatable bonds is 4. The van der Waals surface area contributed by atoms with Gasteiger partial charge in [-0.2, -0.15) is 0 Å². The van der Waals surface area contributed by atoms with E-state index >= 15 is 0 Å². The molecule has 1 atom stereocenters. The SMILES string of the molecule is CCC(C=O)Cc1cccc(O)c1. The predicted octanol–water partition coefficient (Wildman–Crippen LogP) is 2.16. The molecule has 0 aliphatic rings. The number of benzene rings is 1. The second-order valence-corrected chi connectivity index (χ2v) is 3.18. The van der Waals surface area contributed by atoms with Gasteiger partial charge in [0, 0.05) is 5.92 Å². The highest BCUT2D eigenvalue weighted by Gasteiger charge is 2.05. The van der Waals surface area contributed by atoms with Crippen LogP contribution in [0.3, 0.4) is 0 Å². The maximum atomic E-state index is 10.6. The van der Waals surface area contributed by atoms with Gasteiger partial charge in [-0.1, -0.05) is 19.1 Å². The molecule has 0 aliphatic carbocycles. The molecule has 0 heterocycles. The Morgan fingerprint density at radius 2 is 2.31 bits per heavy atom. The number of hydrogen-bond acceptors (Lipinski definition) is 2. The summed E-state index contributed by atoms with van der Waals surface area (Å²) >= 11 is 0. The van der Waals surface area contributed by atoms with E-state index in [2.05, 4.69) is 0 Å². The van der Waals surface area contributed by atoms with Crippen LogP contribution in [0.1, 0.15) is 18.9 Å². The first-order chi connectivity index (χ1) is 6.26. The summed E-state index contributed by atoms with van der Waals surface area (Å²) in [5.74, 6) is 0.333. The van der Waals surface area contributed by atoms with Crippen molar-refractivity contribution < 1.29 is 9.90 Å². The number of phenolic OH excluding ortho intramolecular Hbond substituents is 1. The summed E-state index contributed by atoms with van der Waals surface area (Å²) < 4.78 is 0. The largest absolute Gasteiger partial charge is 0.508 e. The van der Waals surface area contributed by atoms with Crippen molar-refractivity contribution in [3.8, 4) is 5.75 Å². The van der Waals surface area contributed by atoms with E-state index in [1.807, 2.05) is 13.0 Å². The molecule has 70 valence electrons. The van der Waals surface area contributed by atoms with Crippen LogP contribution in [-0.2, 0) is 11.2 Å². The minimum atomic E-state index is 0.0711. The fourth-order valence-electron chi connectivity index (χ4n) is 1.27. The van der Waals surface area contributed by atoms with Gasteiger partial charge in [0.25, 0.3) is 0 Å². The zero-order valence-corrected chi connectivity index (χ0v) is 7.73. The highest BCUT2D eigenvalue weighted by Crippen LogP contribution is 2.15. The zero-order chi connectivity index (χ0) is 9.68. The monoisotopic (exact) mass is 178 g/mol. The number of phenols is 1. The smallest absolute Gasteiger partial charge is 0.123 e. The first-order valence-electron chi connectivity index (χ1n) is 4.49. The van der Waals surface area contributed by atoms with Crippen molar-refractivity contribution >= 4 is 6.29 Å². The molecule has 1 N–H and O–H groups in total. The first kappa shape index (κ1) is 9.78. The predicted molar refractivity (Wildman–Crippen MR) is 51.7 cm³/mol. The summed E-state index contributed by atoms with van der Waals surface area (Å²) in [5.41, 5.74) is 1.01. The molecule has 0 aromatic heterocycles. The lowest BCUT2D eigenvalue weighted by atomic mass is 9.98. The van der Waals surface area contributed by atoms with E-state index in [0.717, 1.165) is 18.3 Å². The van der Waals surface area contributed by atoms with Gasteiger partial charge in [0.2, 0.25) is 0 Å². The maximum Gasteiger partial charge on any atom is 0.123 e. The average Bonchev–Trinajstić information content (AvgIpc) is 2.14. The average molecular weight is 178 g/mol. The van der Waals surface area contributed by atoms with Gasteiger partial charge in [-0.3, -0.25) is 0 Å². The molecule has 2 nitrogen and oxygen atoms in total. The van der Waals surface area contributed by atoms with Crippen LogP contribution in [0.2, 0.25) is 0 Å². The topological polar surface area (TPSA) is 37.3 Å². The Morgan fingerprint density at radius 3 is 2.85 bits per heavy atom. The van der Waals surface area contributed by atoms with E-state index < -0.39 is 0 Å². The van der Waals surface area contributed by atoms with Crippen molar-refractivity contribution in [2.24, 2.45) is 5.92 Å². The lowest BCUT2D eigenvalue weighted by Gasteiger charge is -2.06. The standard InChI is InChI=1S/C11H14O2/c1-2-9(8-12)6-10-4-3-5-11(13)7-10/h3-5,7-9,13H,2,6H2,1H3. The van der Waals surface area contributed by atoms with Crippen LogP contribution in [0.5, 0.6) is 5.75 Å². The second-order valence-electron chi connectivity index (χ2n) is 3.18. The number of carbonyl (C=O) groups excluding carboxylic acids is 1. The van der Waals surface area contributed by atoms with Crippen molar-refractivity contribution in [3.63, 3.8) is 0 Å². The van der Waals surface area contributed by atoms with Gasteiger partial charge in [-0.15, -0.1) is 0 Å². The van der Waals surface area contributed by atoms with Crippen LogP contribution < -0.4 is 0 Å². The van der Waals surface area contributed by atoms with Crippen molar-refractivity contribution in [1.82, 2.24) is 0 Å². The van der Waals surface area contributed by atoms with E-state index in [1.165, 1.54) is 0 Å². The molecule has 0 saturated heterocycles. The highest BCUT2D eigenvalue weighted by atomic mass is 16.3. The Labute approximate surface area is 78.2 Å². The van der Waals surface area contributed by atoms with Gasteiger partial charge in [-0.25, -0.2) is 0 Å². The number of carbonyl (C=O) groups is 1. The highest BCUT2D eigenvalue weighted by molar-refractivity contribution is 5.54. The van der Waals surface area contributed by atoms with Crippen LogP contribution in [-0.4, -0.2) is 11.4 Å². The molecule has 1 aromatic rings. The second kappa shape index (κ2) is 4.65. The molecule has 0 bridgehead atoms. The third kappa shape index (κ3) is 2.90. The quantitative estimate of drug-likeness (QED) is 0.717. The Morgan fingerprint density at radius 1 is 1.54 bits per heavy atom. The molecule has 0 fully saturated rings. The third-order valence-corrected chi connectivity index (χ3v) is 2.13. The number of aromatic hydroxyl groups is 1. The summed E-state index contributed by atoms with van der Waals surface area (Å²) in [6, 6.07) is 7.05. The van der Waals surface area contributed by atoms with Crippen LogP contribution in [0, 0.1) is 5.92 Å². The minimum Gasteiger partial charge on any atom is -0.508 e. The molecule has 0 radical (unpaired) electrons. The van der Waals surface area contributed by atoms with Crippen LogP contribution >= 0.6 is 0 Å². The molecule has 1 unspecified atom stereocenters. The van der Waals surface area contributed by atoms with Crippen LogP contribution in [0.25, 0.3) is 0 Å². The van der Waals surface area contributed by atoms with Gasteiger partial charge < -0.3 is 9.90 Å². The maximum absolute atomic E-state index is 10.6. The molecule has 0 spiro atoms. The van der Waals surface area contributed by atoms with Crippen molar-refractivity contribution in [2.75, 3.05) is 0 Å². The molecule has 1 rings (SSSR count). The first-order valence-corrected chi connectivity index (χ1v) is 4.49. The summed E-state index contributed by atoms with van der Waals surface area (Å²) in [5, 5.41) is 9.18. The molecule has 0 amide bonds. The number of hydrogen-bond donors (Lipinski definition) is 1. The van der Waals surface area contributed by atoms with Gasteiger partial charge in [-0.05, 0) is 30.5 Å². The van der Waals surface area contributed by atoms with Gasteiger partial charge >= 0.3 is 0 Å². The molecule has 0 aliphatic heterocycles. The molecule has 1 aromatic carbocycles. The normalized spacial score (nSPS) is 12.4. The van der Waals surface area contributed by atoms with Crippen molar-refractivity contribution in [1.29, 1.82) is 0 Å². The van der Waals surface area contributed by atoms with E-state index in [1.54, 1.807) is 18.2 Å². The Bertz CT molecular complexity index is 281. The van der Waals surface area contributed by atoms with Gasteiger partial charge in [0.1, 0.15) is 12.0 Å². The molecule has 0 saturated carbocycles. The Kier molecular flexibility index (Phi) is 3.50. The summed E-state index contributed by atoms with van der Waals surface area (Å²) in [7, 11) is 0. The van der Waals surface area contributed by atoms with Crippen LogP contribution in [0.15, 0.2) is 24.3 Å². The van der Waals surface area contributed by atoms with Crippen molar-refractivity contribution in [2.45, 2.75) is 19.8 Å². The third-order valence-electron chi connectivity index (χ3n) is 2.13. The van der Waals surface area contributed by atoms with E-state index in [9.17, 15) is 9.90 Å². The fraction of sp³-hybridized carbons (Fsp3) is 0.364. The lowest BCUT2D eigenvalue weighted by Crippen LogP contribution is -2.03. The summed E-state index contributed by atoms with van der Waals surface area (Å²) in [4.78, 5) is 10.6.